The molecule has 0 bridgehead atoms. The van der Waals surface area contributed by atoms with E-state index in [9.17, 15) is 32.8 Å². The largest absolute Gasteiger partial charge is 0.444 e. The van der Waals surface area contributed by atoms with Gasteiger partial charge >= 0.3 is 6.09 Å². The molecule has 3 heterocycles. The maximum absolute atomic E-state index is 14.4. The van der Waals surface area contributed by atoms with E-state index in [0.29, 0.717) is 19.4 Å². The highest BCUT2D eigenvalue weighted by Gasteiger charge is 2.56. The SMILES string of the molecule is CCC[C@H](NC(=O)[C@@H]1C[C@]2(CC(c3cc(F)cc(F)c3)=NO2)CN1C(=O)[C@@H](NC(=O)O[C@H]1CCOC1)C(C)(C)C)C(=O)C(=O)NC1CC1. The first-order valence-electron chi connectivity index (χ1n) is 16.4. The van der Waals surface area contributed by atoms with Crippen molar-refractivity contribution >= 4 is 35.3 Å². The molecule has 13 nitrogen and oxygen atoms in total. The number of amides is 4. The molecule has 4 amide bonds. The topological polar surface area (TPSA) is 165 Å². The monoisotopic (exact) mass is 675 g/mol. The van der Waals surface area contributed by atoms with Crippen LogP contribution < -0.4 is 16.0 Å². The van der Waals surface area contributed by atoms with Crippen LogP contribution in [0.15, 0.2) is 23.4 Å². The minimum absolute atomic E-state index is 0.0158. The first kappa shape index (κ1) is 35.2. The van der Waals surface area contributed by atoms with Gasteiger partial charge in [0.2, 0.25) is 17.6 Å². The highest BCUT2D eigenvalue weighted by Crippen LogP contribution is 2.40. The first-order valence-corrected chi connectivity index (χ1v) is 16.4. The lowest BCUT2D eigenvalue weighted by molar-refractivity contribution is -0.144. The molecule has 3 fully saturated rings. The molecule has 5 rings (SSSR count). The van der Waals surface area contributed by atoms with Crippen LogP contribution in [0.25, 0.3) is 0 Å². The van der Waals surface area contributed by atoms with Gasteiger partial charge in [-0.1, -0.05) is 39.3 Å². The second-order valence-electron chi connectivity index (χ2n) is 14.1. The summed E-state index contributed by atoms with van der Waals surface area (Å²) in [4.78, 5) is 74.1. The number of nitrogens with one attached hydrogen (secondary N) is 3. The van der Waals surface area contributed by atoms with Crippen molar-refractivity contribution in [2.45, 2.75) is 109 Å². The zero-order valence-electron chi connectivity index (χ0n) is 27.6. The molecule has 0 radical (unpaired) electrons. The molecule has 15 heteroatoms. The van der Waals surface area contributed by atoms with Gasteiger partial charge in [-0.3, -0.25) is 19.2 Å². The molecule has 3 N–H and O–H groups in total. The Bertz CT molecular complexity index is 1450. The van der Waals surface area contributed by atoms with E-state index in [0.717, 1.165) is 31.0 Å². The average molecular weight is 676 g/mol. The summed E-state index contributed by atoms with van der Waals surface area (Å²) < 4.78 is 38.8. The summed E-state index contributed by atoms with van der Waals surface area (Å²) in [6, 6.07) is -0.607. The second kappa shape index (κ2) is 14.1. The van der Waals surface area contributed by atoms with Gasteiger partial charge in [0, 0.05) is 36.9 Å². The normalized spacial score (nSPS) is 24.8. The molecule has 1 spiro atoms. The van der Waals surface area contributed by atoms with E-state index in [1.165, 1.54) is 4.90 Å². The number of hydrogen-bond donors (Lipinski definition) is 3. The Kier molecular flexibility index (Phi) is 10.4. The summed E-state index contributed by atoms with van der Waals surface area (Å²) in [6.45, 7) is 7.57. The van der Waals surface area contributed by atoms with Crippen LogP contribution in [0, 0.1) is 17.0 Å². The van der Waals surface area contributed by atoms with Crippen molar-refractivity contribution in [3.63, 3.8) is 0 Å². The van der Waals surface area contributed by atoms with E-state index in [1.807, 2.05) is 6.92 Å². The van der Waals surface area contributed by atoms with Gasteiger partial charge in [0.1, 0.15) is 29.8 Å². The molecule has 1 aromatic carbocycles. The Morgan fingerprint density at radius 3 is 2.40 bits per heavy atom. The number of ether oxygens (including phenoxy) is 2. The van der Waals surface area contributed by atoms with Crippen LogP contribution in [-0.4, -0.2) is 95.8 Å². The summed E-state index contributed by atoms with van der Waals surface area (Å²) in [6.07, 6.45) is 1.40. The van der Waals surface area contributed by atoms with E-state index < -0.39 is 76.5 Å². The third kappa shape index (κ3) is 8.28. The lowest BCUT2D eigenvalue weighted by Gasteiger charge is -2.35. The number of benzene rings is 1. The number of carbonyl (C=O) groups is 5. The standard InChI is InChI=1S/C33H43F2N5O8/c1-5-6-23(26(41)29(43)36-21-7-8-21)37-28(42)25-15-33(14-24(39-48-33)18-11-19(34)13-20(35)12-18)17-40(25)30(44)27(32(2,3)4)38-31(45)47-22-9-10-46-16-22/h11-13,21-23,25,27H,5-10,14-17H2,1-4H3,(H,36,43)(H,37,42)(H,38,45)/t22-,23-,25-,27+,33+/m0/s1. The number of ketones is 1. The molecule has 1 saturated carbocycles. The van der Waals surface area contributed by atoms with Gasteiger partial charge in [-0.15, -0.1) is 0 Å². The molecule has 0 aromatic heterocycles. The molecule has 48 heavy (non-hydrogen) atoms. The van der Waals surface area contributed by atoms with Crippen LogP contribution >= 0.6 is 0 Å². The Morgan fingerprint density at radius 1 is 1.08 bits per heavy atom. The zero-order valence-corrected chi connectivity index (χ0v) is 27.6. The Morgan fingerprint density at radius 2 is 1.79 bits per heavy atom. The molecule has 0 unspecified atom stereocenters. The fourth-order valence-electron chi connectivity index (χ4n) is 6.20. The van der Waals surface area contributed by atoms with Crippen molar-refractivity contribution in [1.82, 2.24) is 20.9 Å². The Hall–Kier alpha value is -4.14. The Labute approximate surface area is 277 Å². The maximum atomic E-state index is 14.4. The van der Waals surface area contributed by atoms with Gasteiger partial charge in [-0.05, 0) is 36.8 Å². The van der Waals surface area contributed by atoms with Crippen LogP contribution in [0.1, 0.15) is 78.2 Å². The van der Waals surface area contributed by atoms with Gasteiger partial charge in [-0.2, -0.15) is 0 Å². The molecule has 5 atom stereocenters. The van der Waals surface area contributed by atoms with Crippen molar-refractivity contribution in [3.8, 4) is 0 Å². The predicted octanol–water partition coefficient (Wildman–Crippen LogP) is 2.49. The van der Waals surface area contributed by atoms with E-state index >= 15 is 0 Å². The zero-order chi connectivity index (χ0) is 34.8. The maximum Gasteiger partial charge on any atom is 0.408 e. The third-order valence-electron chi connectivity index (χ3n) is 8.90. The summed E-state index contributed by atoms with van der Waals surface area (Å²) in [5.74, 6) is -4.49. The number of nitrogens with zero attached hydrogens (tertiary/aromatic N) is 2. The van der Waals surface area contributed by atoms with Gasteiger partial charge in [0.05, 0.1) is 31.5 Å². The quantitative estimate of drug-likeness (QED) is 0.301. The van der Waals surface area contributed by atoms with Crippen molar-refractivity contribution in [3.05, 3.63) is 35.4 Å². The fraction of sp³-hybridized carbons (Fsp3) is 0.636. The third-order valence-corrected chi connectivity index (χ3v) is 8.90. The molecular formula is C33H43F2N5O8. The smallest absolute Gasteiger partial charge is 0.408 e. The Balaban J connectivity index is 1.39. The van der Waals surface area contributed by atoms with Gasteiger partial charge in [0.15, 0.2) is 5.60 Å². The number of likely N-dealkylation sites (tertiary alicyclic amines) is 1. The van der Waals surface area contributed by atoms with Crippen LogP contribution in [-0.2, 0) is 33.5 Å². The highest BCUT2D eigenvalue weighted by atomic mass is 19.1. The average Bonchev–Trinajstić information content (AvgIpc) is 3.37. The summed E-state index contributed by atoms with van der Waals surface area (Å²) in [7, 11) is 0. The van der Waals surface area contributed by atoms with Crippen LogP contribution in [0.2, 0.25) is 0 Å². The van der Waals surface area contributed by atoms with Gasteiger partial charge in [0.25, 0.3) is 5.91 Å². The van der Waals surface area contributed by atoms with Crippen LogP contribution in [0.3, 0.4) is 0 Å². The number of halogens is 2. The van der Waals surface area contributed by atoms with Crippen molar-refractivity contribution in [1.29, 1.82) is 0 Å². The number of hydrogen-bond acceptors (Lipinski definition) is 9. The minimum Gasteiger partial charge on any atom is -0.444 e. The number of rotatable bonds is 11. The molecule has 4 aliphatic rings. The summed E-state index contributed by atoms with van der Waals surface area (Å²) in [5.41, 5.74) is -1.73. The van der Waals surface area contributed by atoms with Crippen molar-refractivity contribution in [2.75, 3.05) is 19.8 Å². The van der Waals surface area contributed by atoms with E-state index in [2.05, 4.69) is 21.1 Å². The molecule has 2 saturated heterocycles. The van der Waals surface area contributed by atoms with E-state index in [4.69, 9.17) is 14.3 Å². The van der Waals surface area contributed by atoms with Crippen molar-refractivity contribution in [2.24, 2.45) is 10.6 Å². The summed E-state index contributed by atoms with van der Waals surface area (Å²) in [5, 5.41) is 12.1. The summed E-state index contributed by atoms with van der Waals surface area (Å²) >= 11 is 0. The first-order chi connectivity index (χ1) is 22.7. The number of alkyl carbamates (subject to hydrolysis) is 1. The lowest BCUT2D eigenvalue weighted by atomic mass is 9.85. The highest BCUT2D eigenvalue weighted by molar-refractivity contribution is 6.38. The molecule has 262 valence electrons. The van der Waals surface area contributed by atoms with Gasteiger partial charge in [-0.25, -0.2) is 13.6 Å². The van der Waals surface area contributed by atoms with Crippen LogP contribution in [0.5, 0.6) is 0 Å². The minimum atomic E-state index is -1.26. The second-order valence-corrected chi connectivity index (χ2v) is 14.1. The number of oxime groups is 1. The van der Waals surface area contributed by atoms with E-state index in [1.54, 1.807) is 20.8 Å². The number of carbonyl (C=O) groups excluding carboxylic acids is 5. The molecular weight excluding hydrogens is 632 g/mol. The predicted molar refractivity (Wildman–Crippen MR) is 167 cm³/mol. The van der Waals surface area contributed by atoms with E-state index in [-0.39, 0.29) is 49.7 Å². The van der Waals surface area contributed by atoms with Crippen molar-refractivity contribution < 1.29 is 47.1 Å². The number of Topliss-reactive ketones (excluding diaryl/α,β-unsaturated/α-hetero) is 1. The lowest BCUT2D eigenvalue weighted by Crippen LogP contribution is -2.59. The van der Waals surface area contributed by atoms with Crippen LogP contribution in [0.4, 0.5) is 13.6 Å². The molecule has 3 aliphatic heterocycles. The molecule has 1 aliphatic carbocycles. The molecule has 1 aromatic rings. The fourth-order valence-corrected chi connectivity index (χ4v) is 6.20. The van der Waals surface area contributed by atoms with Gasteiger partial charge < -0.3 is 35.2 Å².